The van der Waals surface area contributed by atoms with E-state index in [4.69, 9.17) is 16.3 Å². The lowest BCUT2D eigenvalue weighted by atomic mass is 9.99. The molecule has 2 aromatic heterocycles. The molecule has 1 aliphatic heterocycles. The zero-order valence-corrected chi connectivity index (χ0v) is 16.2. The van der Waals surface area contributed by atoms with Gasteiger partial charge in [-0.2, -0.15) is 5.10 Å². The average Bonchev–Trinajstić information content (AvgIpc) is 3.30. The molecule has 1 aliphatic rings. The number of aliphatic hydroxyl groups is 3. The molecule has 0 spiro atoms. The first kappa shape index (κ1) is 20.4. The number of ether oxygens (including phenoxy) is 1. The summed E-state index contributed by atoms with van der Waals surface area (Å²) in [5, 5.41) is 39.3. The minimum atomic E-state index is -1.39. The molecule has 0 bridgehead atoms. The van der Waals surface area contributed by atoms with Crippen molar-refractivity contribution in [1.82, 2.24) is 19.7 Å². The monoisotopic (exact) mass is 431 g/mol. The fourth-order valence-corrected chi connectivity index (χ4v) is 3.44. The average molecular weight is 432 g/mol. The van der Waals surface area contributed by atoms with Crippen LogP contribution in [-0.2, 0) is 9.53 Å². The topological polar surface area (TPSA) is 143 Å². The van der Waals surface area contributed by atoms with Gasteiger partial charge in [0.05, 0.1) is 11.6 Å². The van der Waals surface area contributed by atoms with Gasteiger partial charge in [0.1, 0.15) is 36.6 Å². The minimum absolute atomic E-state index is 0.210. The number of aromatic nitrogens is 4. The van der Waals surface area contributed by atoms with Gasteiger partial charge in [0.15, 0.2) is 11.9 Å². The predicted molar refractivity (Wildman–Crippen MR) is 106 cm³/mol. The molecule has 1 amide bonds. The van der Waals surface area contributed by atoms with Gasteiger partial charge in [0.2, 0.25) is 5.91 Å². The summed E-state index contributed by atoms with van der Waals surface area (Å²) in [6.07, 6.45) is -2.51. The Morgan fingerprint density at radius 2 is 2.00 bits per heavy atom. The molecule has 4 N–H and O–H groups in total. The van der Waals surface area contributed by atoms with Gasteiger partial charge in [-0.15, -0.1) is 0 Å². The van der Waals surface area contributed by atoms with E-state index >= 15 is 0 Å². The van der Waals surface area contributed by atoms with Crippen LogP contribution in [0.15, 0.2) is 49.4 Å². The molecule has 1 fully saturated rings. The molecular weight excluding hydrogens is 414 g/mol. The number of halogens is 1. The number of nitrogens with zero attached hydrogens (tertiary/aromatic N) is 4. The molecular formula is C19H18ClN5O5. The zero-order chi connectivity index (χ0) is 21.4. The van der Waals surface area contributed by atoms with Gasteiger partial charge in [-0.25, -0.2) is 14.6 Å². The van der Waals surface area contributed by atoms with E-state index in [1.165, 1.54) is 17.2 Å². The molecule has 3 aromatic rings. The molecule has 11 heteroatoms. The highest BCUT2D eigenvalue weighted by molar-refractivity contribution is 6.30. The Balaban J connectivity index is 1.64. The second-order valence-electron chi connectivity index (χ2n) is 6.71. The molecule has 0 radical (unpaired) electrons. The molecule has 0 aliphatic carbocycles. The van der Waals surface area contributed by atoms with Crippen LogP contribution in [0.1, 0.15) is 17.9 Å². The van der Waals surface area contributed by atoms with Crippen molar-refractivity contribution in [3.63, 3.8) is 0 Å². The molecule has 10 nitrogen and oxygen atoms in total. The molecule has 1 unspecified atom stereocenters. The fourth-order valence-electron chi connectivity index (χ4n) is 3.31. The Kier molecular flexibility index (Phi) is 5.50. The third-order valence-electron chi connectivity index (χ3n) is 4.86. The lowest BCUT2D eigenvalue weighted by molar-refractivity contribution is -0.111. The number of amides is 1. The van der Waals surface area contributed by atoms with Crippen molar-refractivity contribution in [2.24, 2.45) is 0 Å². The number of aliphatic hydroxyl groups excluding tert-OH is 3. The number of nitrogens with one attached hydrogen (secondary N) is 1. The Morgan fingerprint density at radius 1 is 1.27 bits per heavy atom. The van der Waals surface area contributed by atoms with Crippen molar-refractivity contribution in [1.29, 1.82) is 0 Å². The van der Waals surface area contributed by atoms with Crippen LogP contribution in [0.2, 0.25) is 5.02 Å². The first-order valence-corrected chi connectivity index (χ1v) is 9.35. The quantitative estimate of drug-likeness (QED) is 0.437. The minimum Gasteiger partial charge on any atom is -0.387 e. The van der Waals surface area contributed by atoms with Gasteiger partial charge in [-0.05, 0) is 23.8 Å². The first-order valence-electron chi connectivity index (χ1n) is 8.97. The third kappa shape index (κ3) is 3.55. The summed E-state index contributed by atoms with van der Waals surface area (Å²) in [5.74, 6) is -0.247. The van der Waals surface area contributed by atoms with E-state index in [1.807, 2.05) is 0 Å². The second-order valence-corrected chi connectivity index (χ2v) is 7.15. The summed E-state index contributed by atoms with van der Waals surface area (Å²) in [7, 11) is 0. The molecule has 1 saturated heterocycles. The lowest BCUT2D eigenvalue weighted by Crippen LogP contribution is -2.35. The van der Waals surface area contributed by atoms with Crippen molar-refractivity contribution in [2.75, 3.05) is 5.32 Å². The number of carbonyl (C=O) groups excluding carboxylic acids is 1. The summed E-state index contributed by atoms with van der Waals surface area (Å²) in [4.78, 5) is 19.8. The van der Waals surface area contributed by atoms with Crippen molar-refractivity contribution in [2.45, 2.75) is 30.6 Å². The highest BCUT2D eigenvalue weighted by Crippen LogP contribution is 2.37. The maximum atomic E-state index is 11.6. The zero-order valence-electron chi connectivity index (χ0n) is 15.5. The maximum absolute atomic E-state index is 11.6. The number of hydrogen-bond acceptors (Lipinski definition) is 8. The normalized spacial score (nSPS) is 24.7. The summed E-state index contributed by atoms with van der Waals surface area (Å²) in [6, 6.07) is 6.42. The number of hydrogen-bond donors (Lipinski definition) is 4. The largest absolute Gasteiger partial charge is 0.387 e. The molecule has 1 aromatic carbocycles. The number of carbonyl (C=O) groups is 1. The summed E-state index contributed by atoms with van der Waals surface area (Å²) in [5.41, 5.74) is 0.737. The lowest BCUT2D eigenvalue weighted by Gasteiger charge is -2.21. The van der Waals surface area contributed by atoms with E-state index in [0.29, 0.717) is 16.0 Å². The summed E-state index contributed by atoms with van der Waals surface area (Å²) in [6.45, 7) is 3.39. The van der Waals surface area contributed by atoms with Crippen LogP contribution in [-0.4, -0.2) is 59.3 Å². The Bertz CT molecular complexity index is 1090. The van der Waals surface area contributed by atoms with Crippen LogP contribution in [0.3, 0.4) is 0 Å². The van der Waals surface area contributed by atoms with E-state index in [1.54, 1.807) is 24.3 Å². The van der Waals surface area contributed by atoms with Gasteiger partial charge in [-0.3, -0.25) is 4.79 Å². The second kappa shape index (κ2) is 8.09. The highest BCUT2D eigenvalue weighted by atomic mass is 35.5. The first-order chi connectivity index (χ1) is 14.4. The Hall–Kier alpha value is -2.89. The summed E-state index contributed by atoms with van der Waals surface area (Å²) < 4.78 is 7.05. The smallest absolute Gasteiger partial charge is 0.248 e. The maximum Gasteiger partial charge on any atom is 0.248 e. The van der Waals surface area contributed by atoms with Crippen molar-refractivity contribution >= 4 is 34.4 Å². The van der Waals surface area contributed by atoms with Crippen molar-refractivity contribution in [3.05, 3.63) is 60.0 Å². The number of rotatable bonds is 5. The van der Waals surface area contributed by atoms with Gasteiger partial charge < -0.3 is 25.4 Å². The highest BCUT2D eigenvalue weighted by Gasteiger charge is 2.48. The van der Waals surface area contributed by atoms with Crippen LogP contribution in [0.4, 0.5) is 5.82 Å². The third-order valence-corrected chi connectivity index (χ3v) is 5.11. The van der Waals surface area contributed by atoms with Crippen LogP contribution < -0.4 is 5.32 Å². The van der Waals surface area contributed by atoms with Crippen molar-refractivity contribution in [3.8, 4) is 0 Å². The van der Waals surface area contributed by atoms with E-state index in [-0.39, 0.29) is 11.5 Å². The van der Waals surface area contributed by atoms with Crippen LogP contribution >= 0.6 is 11.6 Å². The fraction of sp³-hybridized carbons (Fsp3) is 0.263. The molecule has 5 atom stereocenters. The van der Waals surface area contributed by atoms with Gasteiger partial charge in [0.25, 0.3) is 0 Å². The number of fused-ring (bicyclic) bond motifs is 1. The van der Waals surface area contributed by atoms with E-state index < -0.39 is 36.6 Å². The Labute approximate surface area is 175 Å². The van der Waals surface area contributed by atoms with Crippen LogP contribution in [0, 0.1) is 0 Å². The van der Waals surface area contributed by atoms with E-state index in [2.05, 4.69) is 27.0 Å². The molecule has 156 valence electrons. The molecule has 3 heterocycles. The molecule has 4 rings (SSSR count). The number of anilines is 1. The SMILES string of the molecule is C=CC(=O)Nc1ncnc2c1cnn2[C@@H]1O[C@H](C(O)c2ccc(Cl)cc2)[C@@H](O)[C@H]1O. The van der Waals surface area contributed by atoms with E-state index in [0.717, 1.165) is 6.08 Å². The standard InChI is InChI=1S/C19H18ClN5O5/c1-2-12(26)24-17-11-7-23-25(18(11)22-8-21-17)19-15(29)14(28)16(30-19)13(27)9-3-5-10(20)6-4-9/h2-8,13-16,19,27-29H,1H2,(H,21,22,24,26)/t13?,14-,15+,16+,19+/m0/s1. The van der Waals surface area contributed by atoms with Gasteiger partial charge in [-0.1, -0.05) is 30.3 Å². The van der Waals surface area contributed by atoms with Gasteiger partial charge >= 0.3 is 0 Å². The van der Waals surface area contributed by atoms with Gasteiger partial charge in [0, 0.05) is 5.02 Å². The molecule has 0 saturated carbocycles. The number of benzene rings is 1. The van der Waals surface area contributed by atoms with Crippen LogP contribution in [0.5, 0.6) is 0 Å². The van der Waals surface area contributed by atoms with Crippen molar-refractivity contribution < 1.29 is 24.9 Å². The predicted octanol–water partition coefficient (Wildman–Crippen LogP) is 0.957. The van der Waals surface area contributed by atoms with Crippen LogP contribution in [0.25, 0.3) is 11.0 Å². The summed E-state index contributed by atoms with van der Waals surface area (Å²) >= 11 is 5.87. The van der Waals surface area contributed by atoms with E-state index in [9.17, 15) is 20.1 Å². The Morgan fingerprint density at radius 3 is 2.70 bits per heavy atom. The molecule has 30 heavy (non-hydrogen) atoms.